The lowest BCUT2D eigenvalue weighted by molar-refractivity contribution is -0.298. The number of hydrogen-bond acceptors (Lipinski definition) is 11. The van der Waals surface area contributed by atoms with E-state index in [9.17, 15) is 43.3 Å². The first kappa shape index (κ1) is 63.6. The maximum absolute atomic E-state index is 13.2. The first-order chi connectivity index (χ1) is 32.4. The highest BCUT2D eigenvalue weighted by molar-refractivity contribution is 7.80. The van der Waals surface area contributed by atoms with Gasteiger partial charge in [0.1, 0.15) is 30.5 Å². The summed E-state index contributed by atoms with van der Waals surface area (Å²) in [5, 5.41) is 55.4. The van der Waals surface area contributed by atoms with Gasteiger partial charge in [-0.25, -0.2) is 4.18 Å². The third-order valence-electron chi connectivity index (χ3n) is 13.1. The maximum atomic E-state index is 13.2. The monoisotopic (exact) mass is 976 g/mol. The number of amides is 1. The Morgan fingerprint density at radius 2 is 1.00 bits per heavy atom. The topological polar surface area (TPSA) is 212 Å². The van der Waals surface area contributed by atoms with Crippen LogP contribution in [0.3, 0.4) is 0 Å². The first-order valence-corrected chi connectivity index (χ1v) is 28.7. The summed E-state index contributed by atoms with van der Waals surface area (Å²) >= 11 is 0. The molecule has 14 heteroatoms. The molecule has 0 saturated carbocycles. The van der Waals surface area contributed by atoms with Crippen molar-refractivity contribution < 1.29 is 57.0 Å². The van der Waals surface area contributed by atoms with Crippen LogP contribution in [0.2, 0.25) is 0 Å². The molecule has 1 fully saturated rings. The van der Waals surface area contributed by atoms with Crippen molar-refractivity contribution in [1.82, 2.24) is 5.32 Å². The second-order valence-electron chi connectivity index (χ2n) is 19.3. The molecule has 0 spiro atoms. The Hall–Kier alpha value is -1.46. The van der Waals surface area contributed by atoms with Crippen LogP contribution < -0.4 is 5.32 Å². The number of ether oxygens (including phenoxy) is 2. The second-order valence-corrected chi connectivity index (χ2v) is 20.4. The molecule has 396 valence electrons. The molecular formula is C53H101NO12S. The Bertz CT molecular complexity index is 1300. The number of aliphatic hydroxyl groups excluding tert-OH is 5. The van der Waals surface area contributed by atoms with Gasteiger partial charge in [-0.2, -0.15) is 8.42 Å². The van der Waals surface area contributed by atoms with E-state index in [1.807, 2.05) is 0 Å². The lowest BCUT2D eigenvalue weighted by Gasteiger charge is -2.41. The van der Waals surface area contributed by atoms with Gasteiger partial charge in [0.15, 0.2) is 6.29 Å². The van der Waals surface area contributed by atoms with Crippen molar-refractivity contribution in [3.05, 3.63) is 24.3 Å². The van der Waals surface area contributed by atoms with Crippen LogP contribution in [-0.4, -0.2) is 107 Å². The number of unbranched alkanes of at least 4 members (excludes halogenated alkanes) is 32. The molecule has 67 heavy (non-hydrogen) atoms. The van der Waals surface area contributed by atoms with Gasteiger partial charge in [-0.3, -0.25) is 9.35 Å². The molecular weight excluding hydrogens is 875 g/mol. The average Bonchev–Trinajstić information content (AvgIpc) is 3.30. The molecule has 1 amide bonds. The van der Waals surface area contributed by atoms with Crippen LogP contribution in [0.25, 0.3) is 0 Å². The normalized spacial score (nSPS) is 20.5. The molecule has 13 nitrogen and oxygen atoms in total. The van der Waals surface area contributed by atoms with Gasteiger partial charge >= 0.3 is 10.4 Å². The molecule has 8 atom stereocenters. The van der Waals surface area contributed by atoms with Crippen molar-refractivity contribution in [1.29, 1.82) is 0 Å². The summed E-state index contributed by atoms with van der Waals surface area (Å²) in [6.07, 6.45) is 39.8. The van der Waals surface area contributed by atoms with Gasteiger partial charge in [-0.15, -0.1) is 0 Å². The SMILES string of the molecule is CCCCCCCCCCCC/C=C/CC/C=C/C(O)C(COC1OC(CO)C(O)C(OS(=O)(=O)O)C1O)NC(=O)C(O)CCCCCCCCCCCCCCCCCCCCCCCC. The largest absolute Gasteiger partial charge is 0.397 e. The Morgan fingerprint density at radius 3 is 1.43 bits per heavy atom. The highest BCUT2D eigenvalue weighted by Gasteiger charge is 2.48. The molecule has 0 aromatic rings. The number of carbonyl (C=O) groups is 1. The van der Waals surface area contributed by atoms with Gasteiger partial charge in [0.25, 0.3) is 0 Å². The van der Waals surface area contributed by atoms with E-state index in [2.05, 4.69) is 35.5 Å². The number of nitrogens with one attached hydrogen (secondary N) is 1. The van der Waals surface area contributed by atoms with E-state index < -0.39 is 78.5 Å². The van der Waals surface area contributed by atoms with Crippen molar-refractivity contribution >= 4 is 16.3 Å². The smallest absolute Gasteiger partial charge is 0.394 e. The fourth-order valence-electron chi connectivity index (χ4n) is 8.77. The van der Waals surface area contributed by atoms with E-state index in [0.717, 1.165) is 38.5 Å². The highest BCUT2D eigenvalue weighted by Crippen LogP contribution is 2.26. The van der Waals surface area contributed by atoms with Crippen molar-refractivity contribution in [2.24, 2.45) is 0 Å². The maximum Gasteiger partial charge on any atom is 0.397 e. The average molecular weight is 976 g/mol. The van der Waals surface area contributed by atoms with E-state index in [4.69, 9.17) is 9.47 Å². The minimum absolute atomic E-state index is 0.241. The third kappa shape index (κ3) is 35.3. The van der Waals surface area contributed by atoms with E-state index in [1.54, 1.807) is 6.08 Å². The fraction of sp³-hybridized carbons (Fsp3) is 0.906. The van der Waals surface area contributed by atoms with E-state index in [1.165, 1.54) is 179 Å². The fourth-order valence-corrected chi connectivity index (χ4v) is 9.28. The molecule has 1 heterocycles. The summed E-state index contributed by atoms with van der Waals surface area (Å²) in [5.41, 5.74) is 0. The number of hydrogen-bond donors (Lipinski definition) is 7. The summed E-state index contributed by atoms with van der Waals surface area (Å²) in [5.74, 6) is -0.708. The van der Waals surface area contributed by atoms with Crippen molar-refractivity contribution in [2.45, 2.75) is 294 Å². The minimum atomic E-state index is -5.12. The quantitative estimate of drug-likeness (QED) is 0.0172. The Labute approximate surface area is 408 Å². The van der Waals surface area contributed by atoms with Gasteiger partial charge in [0.2, 0.25) is 5.91 Å². The number of aliphatic hydroxyl groups is 5. The molecule has 1 rings (SSSR count). The lowest BCUT2D eigenvalue weighted by Crippen LogP contribution is -2.61. The molecule has 1 aliphatic rings. The van der Waals surface area contributed by atoms with Crippen LogP contribution in [0.5, 0.6) is 0 Å². The summed E-state index contributed by atoms with van der Waals surface area (Å²) in [6, 6.07) is -1.13. The standard InChI is InChI=1S/C53H101NO12S/c1-3-5-7-9-11-13-15-17-19-21-22-23-24-25-26-28-30-32-34-36-38-40-42-47(57)52(60)54-45(44-64-53-50(59)51(66-67(61,62)63)49(58)48(43-55)65-53)46(56)41-39-37-35-33-31-29-27-20-18-16-14-12-10-8-6-4-2/h31,33,39,41,45-51,53,55-59H,3-30,32,34-38,40,42-44H2,1-2H3,(H,54,60)(H,61,62,63)/b33-31+,41-39+. The zero-order chi connectivity index (χ0) is 49.2. The van der Waals surface area contributed by atoms with Gasteiger partial charge in [-0.1, -0.05) is 237 Å². The van der Waals surface area contributed by atoms with E-state index in [0.29, 0.717) is 12.8 Å². The molecule has 1 aliphatic heterocycles. The molecule has 0 aliphatic carbocycles. The molecule has 0 radical (unpaired) electrons. The Kier molecular flexibility index (Phi) is 41.1. The summed E-state index contributed by atoms with van der Waals surface area (Å²) in [6.45, 7) is 3.24. The summed E-state index contributed by atoms with van der Waals surface area (Å²) in [4.78, 5) is 13.2. The van der Waals surface area contributed by atoms with Crippen LogP contribution >= 0.6 is 0 Å². The molecule has 8 unspecified atom stereocenters. The van der Waals surface area contributed by atoms with Crippen LogP contribution in [-0.2, 0) is 28.9 Å². The highest BCUT2D eigenvalue weighted by atomic mass is 32.3. The lowest BCUT2D eigenvalue weighted by atomic mass is 9.99. The summed E-state index contributed by atoms with van der Waals surface area (Å²) in [7, 11) is -5.12. The van der Waals surface area contributed by atoms with Crippen LogP contribution in [0.4, 0.5) is 0 Å². The molecule has 0 aromatic heterocycles. The minimum Gasteiger partial charge on any atom is -0.394 e. The number of rotatable bonds is 47. The molecule has 1 saturated heterocycles. The van der Waals surface area contributed by atoms with Crippen molar-refractivity contribution in [3.63, 3.8) is 0 Å². The summed E-state index contributed by atoms with van der Waals surface area (Å²) < 4.78 is 47.6. The van der Waals surface area contributed by atoms with E-state index in [-0.39, 0.29) is 6.42 Å². The van der Waals surface area contributed by atoms with Gasteiger partial charge in [0.05, 0.1) is 25.4 Å². The molecule has 0 bridgehead atoms. The zero-order valence-corrected chi connectivity index (χ0v) is 43.2. The van der Waals surface area contributed by atoms with Crippen LogP contribution in [0, 0.1) is 0 Å². The van der Waals surface area contributed by atoms with E-state index >= 15 is 0 Å². The van der Waals surface area contributed by atoms with Gasteiger partial charge < -0.3 is 40.3 Å². The third-order valence-corrected chi connectivity index (χ3v) is 13.6. The molecule has 7 N–H and O–H groups in total. The predicted octanol–water partition coefficient (Wildman–Crippen LogP) is 11.0. The number of carbonyl (C=O) groups excluding carboxylic acids is 1. The first-order valence-electron chi connectivity index (χ1n) is 27.3. The van der Waals surface area contributed by atoms with Gasteiger partial charge in [-0.05, 0) is 32.1 Å². The predicted molar refractivity (Wildman–Crippen MR) is 270 cm³/mol. The van der Waals surface area contributed by atoms with Crippen molar-refractivity contribution in [3.8, 4) is 0 Å². The second kappa shape index (κ2) is 43.3. The van der Waals surface area contributed by atoms with Gasteiger partial charge in [0, 0.05) is 0 Å². The van der Waals surface area contributed by atoms with Crippen molar-refractivity contribution in [2.75, 3.05) is 13.2 Å². The molecule has 0 aromatic carbocycles. The Balaban J connectivity index is 2.46. The zero-order valence-electron chi connectivity index (χ0n) is 42.3. The van der Waals surface area contributed by atoms with Crippen LogP contribution in [0.1, 0.15) is 245 Å². The number of allylic oxidation sites excluding steroid dienone is 3. The Morgan fingerprint density at radius 1 is 0.597 bits per heavy atom. The van der Waals surface area contributed by atoms with Crippen LogP contribution in [0.15, 0.2) is 24.3 Å².